The average Bonchev–Trinajstić information content (AvgIpc) is 2.44. The number of benzene rings is 1. The van der Waals surface area contributed by atoms with Gasteiger partial charge in [-0.3, -0.25) is 9.12 Å². The summed E-state index contributed by atoms with van der Waals surface area (Å²) in [5.41, 5.74) is -0.786. The van der Waals surface area contributed by atoms with Crippen LogP contribution in [0.1, 0.15) is 11.4 Å². The third-order valence-corrected chi connectivity index (χ3v) is 4.12. The Morgan fingerprint density at radius 2 is 1.78 bits per heavy atom. The molecule has 23 heavy (non-hydrogen) atoms. The minimum Gasteiger partial charge on any atom is -0.285 e. The quantitative estimate of drug-likeness (QED) is 0.769. The van der Waals surface area contributed by atoms with Crippen LogP contribution in [0.2, 0.25) is 5.02 Å². The molecular formula is C13H14ClN3O5S. The Kier molecular flexibility index (Phi) is 5.03. The molecule has 0 amide bonds. The van der Waals surface area contributed by atoms with E-state index in [0.29, 0.717) is 9.59 Å². The normalized spacial score (nSPS) is 11.6. The predicted octanol–water partition coefficient (Wildman–Crippen LogP) is 0.303. The van der Waals surface area contributed by atoms with Crippen molar-refractivity contribution in [1.29, 1.82) is 0 Å². The molecule has 1 aromatic carbocycles. The lowest BCUT2D eigenvalue weighted by Crippen LogP contribution is -2.44. The Labute approximate surface area is 136 Å². The van der Waals surface area contributed by atoms with E-state index in [1.807, 2.05) is 0 Å². The predicted molar refractivity (Wildman–Crippen MR) is 84.5 cm³/mol. The van der Waals surface area contributed by atoms with Gasteiger partial charge < -0.3 is 0 Å². The Balaban J connectivity index is 2.42. The summed E-state index contributed by atoms with van der Waals surface area (Å²) in [6, 6.07) is 6.78. The molecule has 8 nitrogen and oxygen atoms in total. The number of nitrogens with zero attached hydrogens (tertiary/aromatic N) is 3. The van der Waals surface area contributed by atoms with E-state index < -0.39 is 33.8 Å². The van der Waals surface area contributed by atoms with Gasteiger partial charge in [0.25, 0.3) is 10.1 Å². The minimum absolute atomic E-state index is 0.154. The third-order valence-electron chi connectivity index (χ3n) is 3.17. The van der Waals surface area contributed by atoms with E-state index in [-0.39, 0.29) is 12.4 Å². The van der Waals surface area contributed by atoms with Crippen LogP contribution in [0.5, 0.6) is 0 Å². The Hall–Kier alpha value is -1.97. The number of hydrogen-bond acceptors (Lipinski definition) is 5. The number of rotatable bonds is 5. The highest BCUT2D eigenvalue weighted by molar-refractivity contribution is 7.85. The van der Waals surface area contributed by atoms with Crippen molar-refractivity contribution in [3.8, 4) is 0 Å². The van der Waals surface area contributed by atoms with Gasteiger partial charge in [-0.15, -0.1) is 0 Å². The summed E-state index contributed by atoms with van der Waals surface area (Å²) in [7, 11) is -4.29. The van der Waals surface area contributed by atoms with Gasteiger partial charge in [0, 0.05) is 11.6 Å². The van der Waals surface area contributed by atoms with Crippen molar-refractivity contribution in [2.24, 2.45) is 0 Å². The molecular weight excluding hydrogens is 346 g/mol. The van der Waals surface area contributed by atoms with Crippen LogP contribution in [0.3, 0.4) is 0 Å². The lowest BCUT2D eigenvalue weighted by Gasteiger charge is -2.12. The maximum absolute atomic E-state index is 12.4. The topological polar surface area (TPSA) is 111 Å². The Bertz CT molecular complexity index is 932. The average molecular weight is 360 g/mol. The molecule has 2 rings (SSSR count). The monoisotopic (exact) mass is 359 g/mol. The summed E-state index contributed by atoms with van der Waals surface area (Å²) in [6.07, 6.45) is 0. The molecule has 0 unspecified atom stereocenters. The standard InChI is InChI=1S/C13H14ClN3O5S/c1-9-15-12(18)16(6-7-23(20,21)22)13(19)17(9)8-10-2-4-11(14)5-3-10/h2-5H,6-8H2,1H3,(H,20,21,22). The SMILES string of the molecule is Cc1nc(=O)n(CCS(=O)(=O)O)c(=O)n1Cc1ccc(Cl)cc1. The molecule has 1 aromatic heterocycles. The molecule has 0 spiro atoms. The fraction of sp³-hybridized carbons (Fsp3) is 0.308. The lowest BCUT2D eigenvalue weighted by atomic mass is 10.2. The first-order valence-corrected chi connectivity index (χ1v) is 8.54. The molecule has 0 aliphatic carbocycles. The summed E-state index contributed by atoms with van der Waals surface area (Å²) in [4.78, 5) is 27.9. The van der Waals surface area contributed by atoms with E-state index in [4.69, 9.17) is 16.2 Å². The van der Waals surface area contributed by atoms with E-state index in [0.717, 1.165) is 5.56 Å². The molecule has 0 radical (unpaired) electrons. The number of aryl methyl sites for hydroxylation is 1. The first-order valence-electron chi connectivity index (χ1n) is 6.55. The first kappa shape index (κ1) is 17.4. The second kappa shape index (κ2) is 6.65. The highest BCUT2D eigenvalue weighted by atomic mass is 35.5. The van der Waals surface area contributed by atoms with Gasteiger partial charge in [-0.1, -0.05) is 23.7 Å². The van der Waals surface area contributed by atoms with Gasteiger partial charge in [0.15, 0.2) is 0 Å². The summed E-state index contributed by atoms with van der Waals surface area (Å²) >= 11 is 5.80. The number of aromatic nitrogens is 3. The van der Waals surface area contributed by atoms with E-state index >= 15 is 0 Å². The van der Waals surface area contributed by atoms with E-state index in [1.54, 1.807) is 24.3 Å². The van der Waals surface area contributed by atoms with Gasteiger partial charge in [0.05, 0.1) is 12.3 Å². The molecule has 0 bridgehead atoms. The molecule has 0 saturated heterocycles. The van der Waals surface area contributed by atoms with Crippen LogP contribution < -0.4 is 11.4 Å². The van der Waals surface area contributed by atoms with Crippen molar-refractivity contribution in [3.63, 3.8) is 0 Å². The van der Waals surface area contributed by atoms with Crippen molar-refractivity contribution < 1.29 is 13.0 Å². The molecule has 0 aliphatic heterocycles. The van der Waals surface area contributed by atoms with E-state index in [9.17, 15) is 18.0 Å². The van der Waals surface area contributed by atoms with Crippen molar-refractivity contribution in [2.75, 3.05) is 5.75 Å². The van der Waals surface area contributed by atoms with Crippen molar-refractivity contribution in [1.82, 2.24) is 14.1 Å². The number of hydrogen-bond donors (Lipinski definition) is 1. The molecule has 0 aliphatic rings. The Morgan fingerprint density at radius 3 is 2.35 bits per heavy atom. The summed E-state index contributed by atoms with van der Waals surface area (Å²) in [5.74, 6) is -0.536. The molecule has 2 aromatic rings. The van der Waals surface area contributed by atoms with Crippen LogP contribution in [0.4, 0.5) is 0 Å². The second-order valence-electron chi connectivity index (χ2n) is 4.87. The van der Waals surface area contributed by atoms with Gasteiger partial charge >= 0.3 is 11.4 Å². The first-order chi connectivity index (χ1) is 10.7. The molecule has 0 fully saturated rings. The van der Waals surface area contributed by atoms with Crippen LogP contribution in [-0.2, 0) is 23.2 Å². The fourth-order valence-electron chi connectivity index (χ4n) is 1.98. The fourth-order valence-corrected chi connectivity index (χ4v) is 2.52. The van der Waals surface area contributed by atoms with Crippen LogP contribution in [0, 0.1) is 6.92 Å². The van der Waals surface area contributed by atoms with Crippen LogP contribution in [0.15, 0.2) is 33.9 Å². The summed E-state index contributed by atoms with van der Waals surface area (Å²) < 4.78 is 32.3. The largest absolute Gasteiger partial charge is 0.353 e. The van der Waals surface area contributed by atoms with Gasteiger partial charge in [-0.2, -0.15) is 13.4 Å². The smallest absolute Gasteiger partial charge is 0.285 e. The van der Waals surface area contributed by atoms with Gasteiger partial charge in [0.2, 0.25) is 0 Å². The zero-order chi connectivity index (χ0) is 17.2. The lowest BCUT2D eigenvalue weighted by molar-refractivity contribution is 0.472. The summed E-state index contributed by atoms with van der Waals surface area (Å²) in [6.45, 7) is 1.19. The number of halogens is 1. The van der Waals surface area contributed by atoms with Gasteiger partial charge in [0.1, 0.15) is 5.82 Å². The zero-order valence-corrected chi connectivity index (χ0v) is 13.7. The van der Waals surface area contributed by atoms with Gasteiger partial charge in [-0.05, 0) is 24.6 Å². The Morgan fingerprint density at radius 1 is 1.17 bits per heavy atom. The molecule has 1 heterocycles. The molecule has 1 N–H and O–H groups in total. The molecule has 0 atom stereocenters. The van der Waals surface area contributed by atoms with Crippen LogP contribution in [0.25, 0.3) is 0 Å². The molecule has 0 saturated carbocycles. The highest BCUT2D eigenvalue weighted by Crippen LogP contribution is 2.10. The van der Waals surface area contributed by atoms with Crippen molar-refractivity contribution in [3.05, 3.63) is 61.6 Å². The highest BCUT2D eigenvalue weighted by Gasteiger charge is 2.13. The van der Waals surface area contributed by atoms with Crippen LogP contribution >= 0.6 is 11.6 Å². The van der Waals surface area contributed by atoms with E-state index in [1.165, 1.54) is 11.5 Å². The van der Waals surface area contributed by atoms with E-state index in [2.05, 4.69) is 4.98 Å². The zero-order valence-electron chi connectivity index (χ0n) is 12.1. The van der Waals surface area contributed by atoms with Crippen LogP contribution in [-0.4, -0.2) is 32.8 Å². The summed E-state index contributed by atoms with van der Waals surface area (Å²) in [5, 5.41) is 0.550. The third kappa shape index (κ3) is 4.50. The van der Waals surface area contributed by atoms with Gasteiger partial charge in [-0.25, -0.2) is 14.2 Å². The maximum atomic E-state index is 12.4. The second-order valence-corrected chi connectivity index (χ2v) is 6.88. The minimum atomic E-state index is -4.29. The van der Waals surface area contributed by atoms with Crippen molar-refractivity contribution >= 4 is 21.7 Å². The molecule has 10 heteroatoms. The molecule has 124 valence electrons. The maximum Gasteiger partial charge on any atom is 0.353 e. The van der Waals surface area contributed by atoms with Crippen molar-refractivity contribution in [2.45, 2.75) is 20.0 Å².